The number of carbonyl (C=O) groups is 1. The van der Waals surface area contributed by atoms with E-state index in [9.17, 15) is 4.79 Å². The molecule has 1 atom stereocenters. The highest BCUT2D eigenvalue weighted by Crippen LogP contribution is 2.11. The Morgan fingerprint density at radius 1 is 1.33 bits per heavy atom. The van der Waals surface area contributed by atoms with E-state index >= 15 is 0 Å². The van der Waals surface area contributed by atoms with E-state index in [-0.39, 0.29) is 5.78 Å². The van der Waals surface area contributed by atoms with Gasteiger partial charge in [0.05, 0.1) is 12.1 Å². The zero-order valence-corrected chi connectivity index (χ0v) is 10.7. The lowest BCUT2D eigenvalue weighted by atomic mass is 10.1. The minimum absolute atomic E-state index is 0.0757. The van der Waals surface area contributed by atoms with Crippen LogP contribution in [0.2, 0.25) is 0 Å². The van der Waals surface area contributed by atoms with Gasteiger partial charge in [0, 0.05) is 30.2 Å². The summed E-state index contributed by atoms with van der Waals surface area (Å²) in [5.41, 5.74) is 1.50. The first kappa shape index (κ1) is 12.5. The van der Waals surface area contributed by atoms with Crippen LogP contribution in [0.25, 0.3) is 0 Å². The number of nitrogens with zero attached hydrogens (tertiary/aromatic N) is 3. The topological polar surface area (TPSA) is 47.8 Å². The molecule has 2 heterocycles. The molecule has 0 aliphatic heterocycles. The predicted octanol–water partition coefficient (Wildman–Crippen LogP) is 2.67. The van der Waals surface area contributed by atoms with Crippen molar-refractivity contribution in [2.45, 2.75) is 32.7 Å². The standard InChI is InChI=1S/C14H17N3O/c1-3-11(2)17-9-6-13(16-17)10-14(18)12-4-7-15-8-5-12/h4-9,11H,3,10H2,1-2H3. The van der Waals surface area contributed by atoms with Gasteiger partial charge in [-0.3, -0.25) is 14.5 Å². The third-order valence-electron chi connectivity index (χ3n) is 3.05. The smallest absolute Gasteiger partial charge is 0.168 e. The monoisotopic (exact) mass is 243 g/mol. The Hall–Kier alpha value is -1.97. The van der Waals surface area contributed by atoms with E-state index in [1.807, 2.05) is 16.9 Å². The second kappa shape index (κ2) is 5.58. The molecule has 94 valence electrons. The normalized spacial score (nSPS) is 12.3. The number of hydrogen-bond acceptors (Lipinski definition) is 3. The van der Waals surface area contributed by atoms with Crippen LogP contribution in [0.1, 0.15) is 42.4 Å². The highest BCUT2D eigenvalue weighted by atomic mass is 16.1. The maximum Gasteiger partial charge on any atom is 0.168 e. The highest BCUT2D eigenvalue weighted by Gasteiger charge is 2.10. The summed E-state index contributed by atoms with van der Waals surface area (Å²) in [7, 11) is 0. The molecule has 2 aromatic rings. The van der Waals surface area contributed by atoms with Crippen molar-refractivity contribution in [3.8, 4) is 0 Å². The number of aromatic nitrogens is 3. The van der Waals surface area contributed by atoms with E-state index in [1.165, 1.54) is 0 Å². The Kier molecular flexibility index (Phi) is 3.87. The van der Waals surface area contributed by atoms with Crippen LogP contribution in [0.15, 0.2) is 36.8 Å². The van der Waals surface area contributed by atoms with Crippen LogP contribution >= 0.6 is 0 Å². The van der Waals surface area contributed by atoms with Gasteiger partial charge < -0.3 is 0 Å². The molecule has 18 heavy (non-hydrogen) atoms. The molecular weight excluding hydrogens is 226 g/mol. The van der Waals surface area contributed by atoms with Gasteiger partial charge in [-0.25, -0.2) is 0 Å². The quantitative estimate of drug-likeness (QED) is 0.758. The van der Waals surface area contributed by atoms with Crippen molar-refractivity contribution >= 4 is 5.78 Å². The van der Waals surface area contributed by atoms with Gasteiger partial charge in [-0.05, 0) is 31.5 Å². The van der Waals surface area contributed by atoms with Crippen LogP contribution in [-0.4, -0.2) is 20.5 Å². The van der Waals surface area contributed by atoms with Gasteiger partial charge >= 0.3 is 0 Å². The fourth-order valence-corrected chi connectivity index (χ4v) is 1.71. The zero-order valence-electron chi connectivity index (χ0n) is 10.7. The summed E-state index contributed by atoms with van der Waals surface area (Å²) in [6.07, 6.45) is 6.56. The summed E-state index contributed by atoms with van der Waals surface area (Å²) in [6, 6.07) is 5.74. The Labute approximate surface area is 107 Å². The van der Waals surface area contributed by atoms with E-state index in [0.717, 1.165) is 12.1 Å². The first-order valence-corrected chi connectivity index (χ1v) is 6.18. The van der Waals surface area contributed by atoms with Crippen molar-refractivity contribution < 1.29 is 4.79 Å². The minimum atomic E-state index is 0.0757. The summed E-state index contributed by atoms with van der Waals surface area (Å²) in [6.45, 7) is 4.23. The average molecular weight is 243 g/mol. The molecule has 4 nitrogen and oxygen atoms in total. The largest absolute Gasteiger partial charge is 0.294 e. The van der Waals surface area contributed by atoms with Gasteiger partial charge in [-0.15, -0.1) is 0 Å². The summed E-state index contributed by atoms with van der Waals surface area (Å²) < 4.78 is 1.91. The Balaban J connectivity index is 2.06. The van der Waals surface area contributed by atoms with E-state index in [2.05, 4.69) is 23.9 Å². The molecule has 0 amide bonds. The number of carbonyl (C=O) groups excluding carboxylic acids is 1. The third kappa shape index (κ3) is 2.83. The van der Waals surface area contributed by atoms with Crippen molar-refractivity contribution in [1.29, 1.82) is 0 Å². The zero-order chi connectivity index (χ0) is 13.0. The predicted molar refractivity (Wildman–Crippen MR) is 69.5 cm³/mol. The van der Waals surface area contributed by atoms with Crippen molar-refractivity contribution in [2.75, 3.05) is 0 Å². The molecule has 0 aliphatic carbocycles. The number of ketones is 1. The summed E-state index contributed by atoms with van der Waals surface area (Å²) >= 11 is 0. The van der Waals surface area contributed by atoms with E-state index in [4.69, 9.17) is 0 Å². The molecule has 0 aliphatic rings. The lowest BCUT2D eigenvalue weighted by Crippen LogP contribution is -2.07. The summed E-state index contributed by atoms with van der Waals surface area (Å²) in [5.74, 6) is 0.0757. The average Bonchev–Trinajstić information content (AvgIpc) is 2.87. The molecule has 0 saturated heterocycles. The lowest BCUT2D eigenvalue weighted by Gasteiger charge is -2.07. The number of hydrogen-bond donors (Lipinski definition) is 0. The first-order valence-electron chi connectivity index (χ1n) is 6.18. The van der Waals surface area contributed by atoms with Crippen molar-refractivity contribution in [3.05, 3.63) is 48.0 Å². The molecule has 2 rings (SSSR count). The fourth-order valence-electron chi connectivity index (χ4n) is 1.71. The molecule has 0 aromatic carbocycles. The van der Waals surface area contributed by atoms with Crippen LogP contribution in [-0.2, 0) is 6.42 Å². The maximum absolute atomic E-state index is 12.0. The van der Waals surface area contributed by atoms with Gasteiger partial charge in [0.15, 0.2) is 5.78 Å². The molecule has 1 unspecified atom stereocenters. The highest BCUT2D eigenvalue weighted by molar-refractivity contribution is 5.97. The van der Waals surface area contributed by atoms with Crippen LogP contribution in [0.5, 0.6) is 0 Å². The number of pyridine rings is 1. The minimum Gasteiger partial charge on any atom is -0.294 e. The second-order valence-electron chi connectivity index (χ2n) is 4.38. The SMILES string of the molecule is CCC(C)n1ccc(CC(=O)c2ccncc2)n1. The van der Waals surface area contributed by atoms with Gasteiger partial charge in [-0.1, -0.05) is 6.92 Å². The van der Waals surface area contributed by atoms with Gasteiger partial charge in [0.2, 0.25) is 0 Å². The maximum atomic E-state index is 12.0. The Morgan fingerprint density at radius 2 is 2.06 bits per heavy atom. The molecule has 2 aromatic heterocycles. The van der Waals surface area contributed by atoms with E-state index in [0.29, 0.717) is 18.0 Å². The Bertz CT molecular complexity index is 519. The van der Waals surface area contributed by atoms with Crippen LogP contribution in [0.4, 0.5) is 0 Å². The van der Waals surface area contributed by atoms with E-state index in [1.54, 1.807) is 24.5 Å². The molecule has 0 N–H and O–H groups in total. The van der Waals surface area contributed by atoms with Crippen molar-refractivity contribution in [2.24, 2.45) is 0 Å². The van der Waals surface area contributed by atoms with E-state index < -0.39 is 0 Å². The van der Waals surface area contributed by atoms with Gasteiger partial charge in [0.25, 0.3) is 0 Å². The fraction of sp³-hybridized carbons (Fsp3) is 0.357. The number of rotatable bonds is 5. The van der Waals surface area contributed by atoms with Gasteiger partial charge in [0.1, 0.15) is 0 Å². The molecule has 0 saturated carbocycles. The summed E-state index contributed by atoms with van der Waals surface area (Å²) in [5, 5.41) is 4.43. The van der Waals surface area contributed by atoms with Crippen LogP contribution < -0.4 is 0 Å². The van der Waals surface area contributed by atoms with Crippen LogP contribution in [0.3, 0.4) is 0 Å². The second-order valence-corrected chi connectivity index (χ2v) is 4.38. The van der Waals surface area contributed by atoms with Crippen molar-refractivity contribution in [3.63, 3.8) is 0 Å². The lowest BCUT2D eigenvalue weighted by molar-refractivity contribution is 0.0991. The van der Waals surface area contributed by atoms with Crippen molar-refractivity contribution in [1.82, 2.24) is 14.8 Å². The molecule has 0 fully saturated rings. The molecule has 0 spiro atoms. The summed E-state index contributed by atoms with van der Waals surface area (Å²) in [4.78, 5) is 15.9. The Morgan fingerprint density at radius 3 is 2.72 bits per heavy atom. The number of Topliss-reactive ketones (excluding diaryl/α,β-unsaturated/α-hetero) is 1. The van der Waals surface area contributed by atoms with Gasteiger partial charge in [-0.2, -0.15) is 5.10 Å². The third-order valence-corrected chi connectivity index (χ3v) is 3.05. The molecule has 0 bridgehead atoms. The van der Waals surface area contributed by atoms with Crippen LogP contribution in [0, 0.1) is 0 Å². The first-order chi connectivity index (χ1) is 8.70. The molecular formula is C14H17N3O. The molecule has 0 radical (unpaired) electrons. The molecule has 4 heteroatoms.